The Labute approximate surface area is 202 Å². The Morgan fingerprint density at radius 1 is 1.15 bits per heavy atom. The lowest BCUT2D eigenvalue weighted by atomic mass is 9.95. The van der Waals surface area contributed by atoms with Crippen LogP contribution in [0.4, 0.5) is 5.00 Å². The maximum absolute atomic E-state index is 12.8. The van der Waals surface area contributed by atoms with Gasteiger partial charge in [-0.2, -0.15) is 0 Å². The lowest BCUT2D eigenvalue weighted by Crippen LogP contribution is -2.29. The highest BCUT2D eigenvalue weighted by molar-refractivity contribution is 7.17. The average molecular weight is 484 g/mol. The van der Waals surface area contributed by atoms with Gasteiger partial charge in [0.15, 0.2) is 6.61 Å². The Balaban J connectivity index is 1.43. The fourth-order valence-corrected chi connectivity index (χ4v) is 5.52. The quantitative estimate of drug-likeness (QED) is 0.333. The number of methoxy groups -OCH3 is 1. The second-order valence-corrected chi connectivity index (χ2v) is 9.53. The third kappa shape index (κ3) is 5.00. The first kappa shape index (κ1) is 24.0. The molecule has 1 aliphatic rings. The molecule has 1 aromatic carbocycles. The second-order valence-electron chi connectivity index (χ2n) is 8.42. The first-order chi connectivity index (χ1) is 16.4. The number of H-pyrrole nitrogens is 1. The number of hydrogen-bond donors (Lipinski definition) is 3. The Bertz CT molecular complexity index is 1240. The molecule has 0 fully saturated rings. The minimum absolute atomic E-state index is 0.228. The minimum Gasteiger partial charge on any atom is -0.452 e. The zero-order valence-corrected chi connectivity index (χ0v) is 20.4. The molecule has 0 bridgehead atoms. The third-order valence-electron chi connectivity index (χ3n) is 6.12. The number of fused-ring (bicyclic) bond motifs is 2. The zero-order chi connectivity index (χ0) is 24.2. The number of hydrogen-bond acceptors (Lipinski definition) is 6. The largest absolute Gasteiger partial charge is 0.452 e. The molecular formula is C25H29N3O5S. The molecule has 0 atom stereocenters. The van der Waals surface area contributed by atoms with Crippen molar-refractivity contribution in [3.63, 3.8) is 0 Å². The van der Waals surface area contributed by atoms with Gasteiger partial charge >= 0.3 is 5.97 Å². The summed E-state index contributed by atoms with van der Waals surface area (Å²) in [7, 11) is 1.57. The monoisotopic (exact) mass is 483 g/mol. The summed E-state index contributed by atoms with van der Waals surface area (Å²) in [5, 5.41) is 7.09. The molecule has 2 heterocycles. The number of rotatable bonds is 8. The summed E-state index contributed by atoms with van der Waals surface area (Å²) in [4.78, 5) is 42.4. The van der Waals surface area contributed by atoms with E-state index >= 15 is 0 Å². The number of benzene rings is 1. The van der Waals surface area contributed by atoms with Crippen molar-refractivity contribution in [1.29, 1.82) is 0 Å². The lowest BCUT2D eigenvalue weighted by Gasteiger charge is -2.13. The van der Waals surface area contributed by atoms with Crippen molar-refractivity contribution in [3.8, 4) is 0 Å². The van der Waals surface area contributed by atoms with Crippen LogP contribution in [-0.2, 0) is 27.1 Å². The van der Waals surface area contributed by atoms with E-state index in [9.17, 15) is 14.4 Å². The predicted octanol–water partition coefficient (Wildman–Crippen LogP) is 3.90. The number of aryl methyl sites for hydroxylation is 3. The van der Waals surface area contributed by atoms with Crippen molar-refractivity contribution in [2.75, 3.05) is 32.2 Å². The van der Waals surface area contributed by atoms with Crippen LogP contribution in [0.15, 0.2) is 18.2 Å². The van der Waals surface area contributed by atoms with E-state index < -0.39 is 18.5 Å². The molecule has 0 aliphatic heterocycles. The first-order valence-electron chi connectivity index (χ1n) is 11.4. The smallest absolute Gasteiger partial charge is 0.338 e. The number of thiophene rings is 1. The van der Waals surface area contributed by atoms with Crippen molar-refractivity contribution < 1.29 is 23.9 Å². The van der Waals surface area contributed by atoms with Crippen molar-refractivity contribution in [1.82, 2.24) is 10.3 Å². The number of aromatic amines is 1. The number of nitrogens with one attached hydrogen (secondary N) is 3. The predicted molar refractivity (Wildman–Crippen MR) is 132 cm³/mol. The van der Waals surface area contributed by atoms with Crippen molar-refractivity contribution in [2.45, 2.75) is 39.5 Å². The molecule has 0 spiro atoms. The summed E-state index contributed by atoms with van der Waals surface area (Å²) in [6.45, 7) is 4.32. The third-order valence-corrected chi connectivity index (χ3v) is 7.33. The number of carbonyl (C=O) groups is 3. The van der Waals surface area contributed by atoms with Crippen molar-refractivity contribution >= 4 is 45.0 Å². The van der Waals surface area contributed by atoms with E-state index in [0.29, 0.717) is 29.3 Å². The van der Waals surface area contributed by atoms with E-state index in [1.807, 2.05) is 19.9 Å². The molecule has 0 saturated carbocycles. The standard InChI is InChI=1S/C25H29N3O5S/c1-14-15(2)27-19-9-8-16(12-18(14)19)25(31)33-13-21(29)28-24-22(23(30)26-10-11-32-3)17-6-4-5-7-20(17)34-24/h8-9,12,27H,4-7,10-11,13H2,1-3H3,(H,26,30)(H,28,29). The first-order valence-corrected chi connectivity index (χ1v) is 12.2. The molecule has 0 unspecified atom stereocenters. The second kappa shape index (κ2) is 10.4. The van der Waals surface area contributed by atoms with E-state index in [-0.39, 0.29) is 5.91 Å². The molecule has 180 valence electrons. The maximum Gasteiger partial charge on any atom is 0.338 e. The summed E-state index contributed by atoms with van der Waals surface area (Å²) in [5.41, 5.74) is 4.96. The van der Waals surface area contributed by atoms with Gasteiger partial charge in [0, 0.05) is 35.1 Å². The normalized spacial score (nSPS) is 12.9. The lowest BCUT2D eigenvalue weighted by molar-refractivity contribution is -0.119. The zero-order valence-electron chi connectivity index (χ0n) is 19.6. The van der Waals surface area contributed by atoms with Crippen LogP contribution in [0.2, 0.25) is 0 Å². The van der Waals surface area contributed by atoms with Gasteiger partial charge in [0.05, 0.1) is 17.7 Å². The maximum atomic E-state index is 12.8. The molecule has 0 saturated heterocycles. The summed E-state index contributed by atoms with van der Waals surface area (Å²) in [5.74, 6) is -1.28. The molecule has 2 aromatic heterocycles. The molecule has 4 rings (SSSR count). The Morgan fingerprint density at radius 3 is 2.74 bits per heavy atom. The molecule has 0 radical (unpaired) electrons. The molecule has 1 aliphatic carbocycles. The SMILES string of the molecule is COCCNC(=O)c1c(NC(=O)COC(=O)c2ccc3[nH]c(C)c(C)c3c2)sc2c1CCCC2. The topological polar surface area (TPSA) is 110 Å². The molecule has 2 amide bonds. The van der Waals surface area contributed by atoms with E-state index in [0.717, 1.165) is 58.3 Å². The summed E-state index contributed by atoms with van der Waals surface area (Å²) in [6.07, 6.45) is 3.78. The number of esters is 1. The van der Waals surface area contributed by atoms with Crippen LogP contribution < -0.4 is 10.6 Å². The molecular weight excluding hydrogens is 454 g/mol. The Hall–Kier alpha value is -3.17. The molecule has 9 heteroatoms. The number of ether oxygens (including phenoxy) is 2. The van der Waals surface area contributed by atoms with Gasteiger partial charge in [-0.1, -0.05) is 0 Å². The van der Waals surface area contributed by atoms with Gasteiger partial charge in [-0.25, -0.2) is 4.79 Å². The van der Waals surface area contributed by atoms with Crippen LogP contribution in [0.1, 0.15) is 55.3 Å². The summed E-state index contributed by atoms with van der Waals surface area (Å²) >= 11 is 1.43. The van der Waals surface area contributed by atoms with E-state index in [2.05, 4.69) is 15.6 Å². The molecule has 3 aromatic rings. The van der Waals surface area contributed by atoms with Crippen LogP contribution in [0.3, 0.4) is 0 Å². The highest BCUT2D eigenvalue weighted by Gasteiger charge is 2.26. The van der Waals surface area contributed by atoms with Gasteiger partial charge in [0.1, 0.15) is 5.00 Å². The number of aromatic nitrogens is 1. The van der Waals surface area contributed by atoms with Crippen LogP contribution in [0.5, 0.6) is 0 Å². The van der Waals surface area contributed by atoms with Gasteiger partial charge in [0.25, 0.3) is 11.8 Å². The van der Waals surface area contributed by atoms with Gasteiger partial charge in [-0.15, -0.1) is 11.3 Å². The van der Waals surface area contributed by atoms with Crippen molar-refractivity contribution in [3.05, 3.63) is 51.0 Å². The number of carbonyl (C=O) groups excluding carboxylic acids is 3. The fraction of sp³-hybridized carbons (Fsp3) is 0.400. The Morgan fingerprint density at radius 2 is 1.94 bits per heavy atom. The van der Waals surface area contributed by atoms with Gasteiger partial charge in [-0.3, -0.25) is 9.59 Å². The summed E-state index contributed by atoms with van der Waals surface area (Å²) < 4.78 is 10.3. The molecule has 8 nitrogen and oxygen atoms in total. The van der Waals surface area contributed by atoms with Crippen LogP contribution >= 0.6 is 11.3 Å². The fourth-order valence-electron chi connectivity index (χ4n) is 4.21. The summed E-state index contributed by atoms with van der Waals surface area (Å²) in [6, 6.07) is 5.27. The average Bonchev–Trinajstić information content (AvgIpc) is 3.33. The van der Waals surface area contributed by atoms with Crippen LogP contribution in [0, 0.1) is 13.8 Å². The minimum atomic E-state index is -0.571. The molecule has 34 heavy (non-hydrogen) atoms. The highest BCUT2D eigenvalue weighted by Crippen LogP contribution is 2.38. The van der Waals surface area contributed by atoms with Gasteiger partial charge < -0.3 is 25.1 Å². The van der Waals surface area contributed by atoms with Gasteiger partial charge in [0.2, 0.25) is 0 Å². The van der Waals surface area contributed by atoms with E-state index in [1.54, 1.807) is 19.2 Å². The van der Waals surface area contributed by atoms with E-state index in [4.69, 9.17) is 9.47 Å². The van der Waals surface area contributed by atoms with Crippen molar-refractivity contribution in [2.24, 2.45) is 0 Å². The molecule has 3 N–H and O–H groups in total. The van der Waals surface area contributed by atoms with E-state index in [1.165, 1.54) is 11.3 Å². The van der Waals surface area contributed by atoms with Crippen LogP contribution in [-0.4, -0.2) is 49.6 Å². The highest BCUT2D eigenvalue weighted by atomic mass is 32.1. The Kier molecular flexibility index (Phi) is 7.33. The van der Waals surface area contributed by atoms with Gasteiger partial charge in [-0.05, 0) is 68.9 Å². The number of amides is 2. The number of anilines is 1. The van der Waals surface area contributed by atoms with Crippen LogP contribution in [0.25, 0.3) is 10.9 Å².